The second kappa shape index (κ2) is 6.33. The quantitative estimate of drug-likeness (QED) is 0.724. The van der Waals surface area contributed by atoms with Crippen molar-refractivity contribution in [2.24, 2.45) is 11.8 Å². The van der Waals surface area contributed by atoms with Gasteiger partial charge in [-0.2, -0.15) is 0 Å². The zero-order chi connectivity index (χ0) is 13.0. The van der Waals surface area contributed by atoms with Gasteiger partial charge in [0.15, 0.2) is 0 Å². The summed E-state index contributed by atoms with van der Waals surface area (Å²) in [7, 11) is 1.52. The van der Waals surface area contributed by atoms with Crippen LogP contribution in [0.2, 0.25) is 0 Å². The Bertz CT molecular complexity index is 259. The molecule has 1 rings (SSSR count). The van der Waals surface area contributed by atoms with Gasteiger partial charge in [0.25, 0.3) is 0 Å². The van der Waals surface area contributed by atoms with Gasteiger partial charge in [-0.1, -0.05) is 6.92 Å². The topological polar surface area (TPSA) is 67.8 Å². The average Bonchev–Trinajstić information content (AvgIpc) is 2.50. The van der Waals surface area contributed by atoms with E-state index in [9.17, 15) is 9.90 Å². The lowest BCUT2D eigenvalue weighted by atomic mass is 9.89. The molecule has 1 fully saturated rings. The lowest BCUT2D eigenvalue weighted by molar-refractivity contribution is -0.127. The molecule has 0 aliphatic carbocycles. The van der Waals surface area contributed by atoms with Gasteiger partial charge in [0.2, 0.25) is 5.91 Å². The Morgan fingerprint density at radius 1 is 1.41 bits per heavy atom. The highest BCUT2D eigenvalue weighted by atomic mass is 16.5. The third-order valence-corrected chi connectivity index (χ3v) is 3.42. The van der Waals surface area contributed by atoms with E-state index in [4.69, 9.17) is 9.47 Å². The van der Waals surface area contributed by atoms with E-state index in [0.29, 0.717) is 0 Å². The molecule has 1 aliphatic rings. The third kappa shape index (κ3) is 3.66. The molecular weight excluding hydrogens is 222 g/mol. The number of hydrogen-bond donors (Lipinski definition) is 2. The molecule has 5 nitrogen and oxygen atoms in total. The van der Waals surface area contributed by atoms with Crippen molar-refractivity contribution in [2.75, 3.05) is 20.3 Å². The lowest BCUT2D eigenvalue weighted by Crippen LogP contribution is -2.41. The van der Waals surface area contributed by atoms with E-state index in [2.05, 4.69) is 5.32 Å². The summed E-state index contributed by atoms with van der Waals surface area (Å²) >= 11 is 0. The molecule has 5 atom stereocenters. The first-order valence-electron chi connectivity index (χ1n) is 6.07. The predicted molar refractivity (Wildman–Crippen MR) is 63.6 cm³/mol. The van der Waals surface area contributed by atoms with Crippen LogP contribution >= 0.6 is 0 Å². The Morgan fingerprint density at radius 3 is 2.53 bits per heavy atom. The number of carbonyl (C=O) groups excluding carboxylic acids is 1. The summed E-state index contributed by atoms with van der Waals surface area (Å²) in [5, 5.41) is 12.2. The maximum absolute atomic E-state index is 12.0. The summed E-state index contributed by atoms with van der Waals surface area (Å²) in [5.74, 6) is 0.00816. The number of amides is 1. The number of aliphatic hydroxyl groups is 1. The van der Waals surface area contributed by atoms with Crippen molar-refractivity contribution >= 4 is 5.91 Å². The van der Waals surface area contributed by atoms with Crippen molar-refractivity contribution in [2.45, 2.75) is 39.1 Å². The maximum atomic E-state index is 12.0. The molecule has 5 heteroatoms. The fraction of sp³-hybridized carbons (Fsp3) is 0.917. The second-order valence-electron chi connectivity index (χ2n) is 4.79. The van der Waals surface area contributed by atoms with Crippen LogP contribution in [0.15, 0.2) is 0 Å². The number of rotatable bonds is 5. The van der Waals surface area contributed by atoms with Crippen LogP contribution in [0.3, 0.4) is 0 Å². The summed E-state index contributed by atoms with van der Waals surface area (Å²) < 4.78 is 10.4. The van der Waals surface area contributed by atoms with E-state index in [1.54, 1.807) is 0 Å². The van der Waals surface area contributed by atoms with Crippen molar-refractivity contribution in [3.63, 3.8) is 0 Å². The Balaban J connectivity index is 2.42. The van der Waals surface area contributed by atoms with E-state index in [0.717, 1.165) is 0 Å². The largest absolute Gasteiger partial charge is 0.389 e. The molecular formula is C12H23NO4. The van der Waals surface area contributed by atoms with Gasteiger partial charge >= 0.3 is 0 Å². The van der Waals surface area contributed by atoms with Crippen molar-refractivity contribution in [1.29, 1.82) is 0 Å². The number of nitrogens with one attached hydrogen (secondary N) is 1. The van der Waals surface area contributed by atoms with Crippen molar-refractivity contribution in [3.8, 4) is 0 Å². The van der Waals surface area contributed by atoms with Crippen molar-refractivity contribution in [1.82, 2.24) is 5.32 Å². The predicted octanol–water partition coefficient (Wildman–Crippen LogP) is 0.169. The normalized spacial score (nSPS) is 34.6. The van der Waals surface area contributed by atoms with Crippen LogP contribution in [0.1, 0.15) is 20.8 Å². The molecule has 2 N–H and O–H groups in total. The minimum absolute atomic E-state index is 0.0514. The molecule has 1 heterocycles. The van der Waals surface area contributed by atoms with E-state index in [1.807, 2.05) is 20.8 Å². The van der Waals surface area contributed by atoms with Crippen LogP contribution in [-0.2, 0) is 14.3 Å². The first-order chi connectivity index (χ1) is 7.97. The monoisotopic (exact) mass is 245 g/mol. The van der Waals surface area contributed by atoms with Gasteiger partial charge in [-0.15, -0.1) is 0 Å². The highest BCUT2D eigenvalue weighted by molar-refractivity contribution is 5.79. The summed E-state index contributed by atoms with van der Waals surface area (Å²) in [6.45, 7) is 6.36. The molecule has 100 valence electrons. The third-order valence-electron chi connectivity index (χ3n) is 3.42. The fourth-order valence-corrected chi connectivity index (χ4v) is 2.31. The van der Waals surface area contributed by atoms with Crippen LogP contribution in [0.25, 0.3) is 0 Å². The van der Waals surface area contributed by atoms with E-state index >= 15 is 0 Å². The van der Waals surface area contributed by atoms with Crippen molar-refractivity contribution in [3.05, 3.63) is 0 Å². The number of hydrogen-bond acceptors (Lipinski definition) is 4. The fourth-order valence-electron chi connectivity index (χ4n) is 2.31. The molecule has 1 aliphatic heterocycles. The zero-order valence-corrected chi connectivity index (χ0v) is 11.0. The summed E-state index contributed by atoms with van der Waals surface area (Å²) in [6.07, 6.45) is -0.626. The summed E-state index contributed by atoms with van der Waals surface area (Å²) in [4.78, 5) is 12.0. The number of methoxy groups -OCH3 is 1. The molecule has 5 unspecified atom stereocenters. The molecule has 0 aromatic rings. The average molecular weight is 245 g/mol. The number of aliphatic hydroxyl groups excluding tert-OH is 1. The van der Waals surface area contributed by atoms with E-state index in [1.165, 1.54) is 7.11 Å². The number of carbonyl (C=O) groups is 1. The van der Waals surface area contributed by atoms with Gasteiger partial charge in [-0.3, -0.25) is 4.79 Å². The highest BCUT2D eigenvalue weighted by Gasteiger charge is 2.41. The van der Waals surface area contributed by atoms with Crippen LogP contribution in [0, 0.1) is 11.8 Å². The standard InChI is InChI=1S/C12H23NO4/c1-7-8(2)17-9(3)11(7)12(15)13-5-10(14)6-16-4/h7-11,14H,5-6H2,1-4H3,(H,13,15). The van der Waals surface area contributed by atoms with Crippen LogP contribution in [0.5, 0.6) is 0 Å². The van der Waals surface area contributed by atoms with Crippen LogP contribution in [-0.4, -0.2) is 49.6 Å². The Hall–Kier alpha value is -0.650. The Labute approximate surface area is 102 Å². The molecule has 0 aromatic carbocycles. The first kappa shape index (κ1) is 14.4. The SMILES string of the molecule is COCC(O)CNC(=O)C1C(C)OC(C)C1C. The summed E-state index contributed by atoms with van der Waals surface area (Å²) in [5.41, 5.74) is 0. The first-order valence-corrected chi connectivity index (χ1v) is 6.07. The minimum atomic E-state index is -0.658. The van der Waals surface area contributed by atoms with E-state index in [-0.39, 0.29) is 43.1 Å². The van der Waals surface area contributed by atoms with Gasteiger partial charge in [0, 0.05) is 13.7 Å². The molecule has 0 bridgehead atoms. The lowest BCUT2D eigenvalue weighted by Gasteiger charge is -2.19. The van der Waals surface area contributed by atoms with E-state index < -0.39 is 6.10 Å². The molecule has 0 saturated carbocycles. The number of ether oxygens (including phenoxy) is 2. The summed E-state index contributed by atoms with van der Waals surface area (Å²) in [6, 6.07) is 0. The van der Waals surface area contributed by atoms with Gasteiger partial charge in [0.05, 0.1) is 30.8 Å². The smallest absolute Gasteiger partial charge is 0.226 e. The molecule has 0 radical (unpaired) electrons. The van der Waals surface area contributed by atoms with Gasteiger partial charge in [0.1, 0.15) is 0 Å². The Kier molecular flexibility index (Phi) is 5.36. The van der Waals surface area contributed by atoms with Gasteiger partial charge in [-0.05, 0) is 19.8 Å². The molecule has 17 heavy (non-hydrogen) atoms. The van der Waals surface area contributed by atoms with Gasteiger partial charge in [-0.25, -0.2) is 0 Å². The molecule has 0 aromatic heterocycles. The zero-order valence-electron chi connectivity index (χ0n) is 11.0. The van der Waals surface area contributed by atoms with Crippen molar-refractivity contribution < 1.29 is 19.4 Å². The molecule has 1 saturated heterocycles. The molecule has 0 spiro atoms. The second-order valence-corrected chi connectivity index (χ2v) is 4.79. The molecule has 1 amide bonds. The minimum Gasteiger partial charge on any atom is -0.389 e. The maximum Gasteiger partial charge on any atom is 0.226 e. The highest BCUT2D eigenvalue weighted by Crippen LogP contribution is 2.32. The van der Waals surface area contributed by atoms with Gasteiger partial charge < -0.3 is 19.9 Å². The van der Waals surface area contributed by atoms with Crippen LogP contribution in [0.4, 0.5) is 0 Å². The van der Waals surface area contributed by atoms with Crippen LogP contribution < -0.4 is 5.32 Å². The Morgan fingerprint density at radius 2 is 2.06 bits per heavy atom.